The van der Waals surface area contributed by atoms with Gasteiger partial charge >= 0.3 is 0 Å². The Balaban J connectivity index is 1.68. The molecule has 4 rings (SSSR count). The number of amides is 1. The highest BCUT2D eigenvalue weighted by Gasteiger charge is 2.31. The van der Waals surface area contributed by atoms with E-state index in [9.17, 15) is 4.79 Å². The van der Waals surface area contributed by atoms with Crippen molar-refractivity contribution in [1.82, 2.24) is 25.1 Å². The van der Waals surface area contributed by atoms with Crippen LogP contribution in [0.15, 0.2) is 17.6 Å². The third-order valence-corrected chi connectivity index (χ3v) is 5.60. The molecule has 0 aliphatic carbocycles. The van der Waals surface area contributed by atoms with Crippen LogP contribution in [0.3, 0.4) is 0 Å². The van der Waals surface area contributed by atoms with Gasteiger partial charge in [-0.05, 0) is 39.2 Å². The van der Waals surface area contributed by atoms with Crippen LogP contribution in [0.25, 0.3) is 11.0 Å². The minimum atomic E-state index is 0.0301. The first-order valence-electron chi connectivity index (χ1n) is 8.17. The van der Waals surface area contributed by atoms with Gasteiger partial charge in [-0.2, -0.15) is 5.10 Å². The van der Waals surface area contributed by atoms with Crippen molar-refractivity contribution in [2.45, 2.75) is 39.2 Å². The number of fused-ring (bicyclic) bond motifs is 1. The average Bonchev–Trinajstić information content (AvgIpc) is 3.20. The zero-order valence-electron chi connectivity index (χ0n) is 13.7. The van der Waals surface area contributed by atoms with Crippen molar-refractivity contribution < 1.29 is 4.79 Å². The highest BCUT2D eigenvalue weighted by atomic mass is 32.1. The largest absolute Gasteiger partial charge is 0.329 e. The third-order valence-electron chi connectivity index (χ3n) is 4.53. The fraction of sp³-hybridized carbons (Fsp3) is 0.412. The Morgan fingerprint density at radius 1 is 1.38 bits per heavy atom. The van der Waals surface area contributed by atoms with Gasteiger partial charge in [-0.1, -0.05) is 0 Å². The van der Waals surface area contributed by atoms with Gasteiger partial charge in [0.05, 0.1) is 11.6 Å². The number of pyridine rings is 1. The lowest BCUT2D eigenvalue weighted by Crippen LogP contribution is -2.38. The number of aromatic nitrogens is 4. The van der Waals surface area contributed by atoms with Crippen molar-refractivity contribution in [3.63, 3.8) is 0 Å². The zero-order valence-corrected chi connectivity index (χ0v) is 14.6. The molecule has 3 aromatic heterocycles. The second-order valence-electron chi connectivity index (χ2n) is 6.28. The molecule has 1 amide bonds. The lowest BCUT2D eigenvalue weighted by molar-refractivity contribution is 0.0611. The number of aryl methyl sites for hydroxylation is 2. The minimum Gasteiger partial charge on any atom is -0.329 e. The first kappa shape index (κ1) is 15.3. The van der Waals surface area contributed by atoms with Crippen LogP contribution >= 0.6 is 11.3 Å². The van der Waals surface area contributed by atoms with E-state index in [4.69, 9.17) is 0 Å². The highest BCUT2D eigenvalue weighted by Crippen LogP contribution is 2.34. The Labute approximate surface area is 143 Å². The van der Waals surface area contributed by atoms with E-state index in [0.29, 0.717) is 11.2 Å². The molecule has 124 valence electrons. The van der Waals surface area contributed by atoms with Crippen molar-refractivity contribution in [3.8, 4) is 0 Å². The Hall–Kier alpha value is -2.28. The Bertz CT molecular complexity index is 899. The molecule has 4 heterocycles. The number of aromatic amines is 1. The summed E-state index contributed by atoms with van der Waals surface area (Å²) in [5.41, 5.74) is 3.21. The van der Waals surface area contributed by atoms with Crippen LogP contribution in [0.4, 0.5) is 0 Å². The molecule has 1 atom stereocenters. The van der Waals surface area contributed by atoms with Crippen LogP contribution in [0, 0.1) is 13.8 Å². The second kappa shape index (κ2) is 5.98. The quantitative estimate of drug-likeness (QED) is 0.775. The van der Waals surface area contributed by atoms with Gasteiger partial charge in [-0.15, -0.1) is 11.3 Å². The van der Waals surface area contributed by atoms with Gasteiger partial charge in [-0.25, -0.2) is 9.97 Å². The van der Waals surface area contributed by atoms with Gasteiger partial charge in [-0.3, -0.25) is 9.89 Å². The van der Waals surface area contributed by atoms with Gasteiger partial charge in [0.25, 0.3) is 5.91 Å². The van der Waals surface area contributed by atoms with Gasteiger partial charge < -0.3 is 4.90 Å². The molecular formula is C17H19N5OS. The first-order chi connectivity index (χ1) is 11.6. The Kier molecular flexibility index (Phi) is 3.80. The number of H-pyrrole nitrogens is 1. The number of likely N-dealkylation sites (tertiary alicyclic amines) is 1. The maximum Gasteiger partial charge on any atom is 0.256 e. The van der Waals surface area contributed by atoms with Gasteiger partial charge in [0.1, 0.15) is 5.01 Å². The second-order valence-corrected chi connectivity index (χ2v) is 7.17. The molecule has 24 heavy (non-hydrogen) atoms. The summed E-state index contributed by atoms with van der Waals surface area (Å²) in [6.07, 6.45) is 4.76. The molecule has 1 N–H and O–H groups in total. The predicted octanol–water partition coefficient (Wildman–Crippen LogP) is 3.40. The maximum absolute atomic E-state index is 13.1. The Morgan fingerprint density at radius 3 is 3.04 bits per heavy atom. The van der Waals surface area contributed by atoms with Crippen LogP contribution in [-0.2, 0) is 0 Å². The smallest absolute Gasteiger partial charge is 0.256 e. The third kappa shape index (κ3) is 2.58. The maximum atomic E-state index is 13.1. The van der Waals surface area contributed by atoms with Crippen molar-refractivity contribution in [3.05, 3.63) is 39.6 Å². The number of hydrogen-bond acceptors (Lipinski definition) is 5. The number of thiazole rings is 1. The standard InChI is InChI=1S/C17H19N5OS/c1-10-9-24-16(19-10)14-5-3-4-6-22(14)17(23)12-7-13-11(2)20-21-15(13)18-8-12/h7-9,14H,3-6H2,1-2H3,(H,18,20,21). The molecule has 1 saturated heterocycles. The molecule has 6 nitrogen and oxygen atoms in total. The van der Waals surface area contributed by atoms with E-state index in [-0.39, 0.29) is 11.9 Å². The number of piperidine rings is 1. The van der Waals surface area contributed by atoms with E-state index in [2.05, 4.69) is 25.5 Å². The molecular weight excluding hydrogens is 322 g/mol. The number of carbonyl (C=O) groups excluding carboxylic acids is 1. The molecule has 3 aromatic rings. The Morgan fingerprint density at radius 2 is 2.25 bits per heavy atom. The fourth-order valence-electron chi connectivity index (χ4n) is 3.26. The van der Waals surface area contributed by atoms with Gasteiger partial charge in [0, 0.05) is 34.9 Å². The van der Waals surface area contributed by atoms with E-state index in [1.54, 1.807) is 17.5 Å². The highest BCUT2D eigenvalue weighted by molar-refractivity contribution is 7.09. The number of nitrogens with zero attached hydrogens (tertiary/aromatic N) is 4. The lowest BCUT2D eigenvalue weighted by Gasteiger charge is -2.34. The van der Waals surface area contributed by atoms with E-state index in [1.807, 2.05) is 24.8 Å². The number of nitrogens with one attached hydrogen (secondary N) is 1. The molecule has 0 aromatic carbocycles. The van der Waals surface area contributed by atoms with Crippen molar-refractivity contribution in [2.24, 2.45) is 0 Å². The minimum absolute atomic E-state index is 0.0301. The fourth-order valence-corrected chi connectivity index (χ4v) is 4.20. The van der Waals surface area contributed by atoms with E-state index >= 15 is 0 Å². The molecule has 1 aliphatic rings. The predicted molar refractivity (Wildman–Crippen MR) is 93.1 cm³/mol. The summed E-state index contributed by atoms with van der Waals surface area (Å²) in [4.78, 5) is 24.0. The van der Waals surface area contributed by atoms with E-state index in [1.165, 1.54) is 0 Å². The van der Waals surface area contributed by atoms with Crippen LogP contribution in [0.2, 0.25) is 0 Å². The van der Waals surface area contributed by atoms with Crippen LogP contribution in [-0.4, -0.2) is 37.5 Å². The zero-order chi connectivity index (χ0) is 16.7. The summed E-state index contributed by atoms with van der Waals surface area (Å²) >= 11 is 1.64. The molecule has 0 radical (unpaired) electrons. The van der Waals surface area contributed by atoms with Crippen molar-refractivity contribution >= 4 is 28.3 Å². The summed E-state index contributed by atoms with van der Waals surface area (Å²) in [6, 6.07) is 1.97. The normalized spacial score (nSPS) is 18.2. The van der Waals surface area contributed by atoms with E-state index < -0.39 is 0 Å². The van der Waals surface area contributed by atoms with Crippen molar-refractivity contribution in [1.29, 1.82) is 0 Å². The van der Waals surface area contributed by atoms with Crippen LogP contribution in [0.1, 0.15) is 52.1 Å². The van der Waals surface area contributed by atoms with Gasteiger partial charge in [0.15, 0.2) is 5.65 Å². The summed E-state index contributed by atoms with van der Waals surface area (Å²) in [5.74, 6) is 0.0301. The molecule has 0 spiro atoms. The number of carbonyl (C=O) groups is 1. The molecule has 0 bridgehead atoms. The number of rotatable bonds is 2. The average molecular weight is 341 g/mol. The molecule has 7 heteroatoms. The summed E-state index contributed by atoms with van der Waals surface area (Å²) in [6.45, 7) is 4.70. The summed E-state index contributed by atoms with van der Waals surface area (Å²) < 4.78 is 0. The molecule has 1 unspecified atom stereocenters. The molecule has 1 fully saturated rings. The SMILES string of the molecule is Cc1csc(C2CCCCN2C(=O)c2cnc3n[nH]c(C)c3c2)n1. The lowest BCUT2D eigenvalue weighted by atomic mass is 10.0. The summed E-state index contributed by atoms with van der Waals surface area (Å²) in [5, 5.41) is 11.0. The van der Waals surface area contributed by atoms with Crippen LogP contribution in [0.5, 0.6) is 0 Å². The topological polar surface area (TPSA) is 74.8 Å². The monoisotopic (exact) mass is 341 g/mol. The van der Waals surface area contributed by atoms with Gasteiger partial charge in [0.2, 0.25) is 0 Å². The van der Waals surface area contributed by atoms with Crippen LogP contribution < -0.4 is 0 Å². The molecule has 1 aliphatic heterocycles. The number of hydrogen-bond donors (Lipinski definition) is 1. The van der Waals surface area contributed by atoms with Crippen molar-refractivity contribution in [2.75, 3.05) is 6.54 Å². The molecule has 0 saturated carbocycles. The van der Waals surface area contributed by atoms with E-state index in [0.717, 1.165) is 47.6 Å². The first-order valence-corrected chi connectivity index (χ1v) is 9.05. The summed E-state index contributed by atoms with van der Waals surface area (Å²) in [7, 11) is 0.